The molecule has 31 heavy (non-hydrogen) atoms. The van der Waals surface area contributed by atoms with Gasteiger partial charge in [0.25, 0.3) is 0 Å². The van der Waals surface area contributed by atoms with E-state index in [0.29, 0.717) is 12.2 Å². The lowest BCUT2D eigenvalue weighted by Crippen LogP contribution is -2.27. The zero-order chi connectivity index (χ0) is 21.9. The molecule has 0 aliphatic carbocycles. The number of benzene rings is 3. The number of nitrogens with zero attached hydrogens (tertiary/aromatic N) is 1. The molecule has 0 radical (unpaired) electrons. The topological polar surface area (TPSA) is 76.1 Å². The summed E-state index contributed by atoms with van der Waals surface area (Å²) in [5.74, 6) is -0.542. The fourth-order valence-corrected chi connectivity index (χ4v) is 2.87. The summed E-state index contributed by atoms with van der Waals surface area (Å²) in [7, 11) is 0. The standard InChI is InChI=1S/C25H23NO5/c27-24(28)19-31-23-16-9-11-20(18-23)10-7-8-17-30-25(29)26(21-12-3-1-4-13-21)22-14-5-2-6-15-22/h1-7,9-16,18H,8,17,19H2,(H,27,28)/b10-7-. The van der Waals surface area contributed by atoms with Gasteiger partial charge in [0.1, 0.15) is 5.75 Å². The van der Waals surface area contributed by atoms with E-state index in [4.69, 9.17) is 14.6 Å². The zero-order valence-corrected chi connectivity index (χ0v) is 16.9. The molecular formula is C25H23NO5. The van der Waals surface area contributed by atoms with Crippen LogP contribution in [0.25, 0.3) is 6.08 Å². The normalized spacial score (nSPS) is 10.6. The third-order valence-corrected chi connectivity index (χ3v) is 4.25. The predicted octanol–water partition coefficient (Wildman–Crippen LogP) is 5.53. The molecule has 0 heterocycles. The van der Waals surface area contributed by atoms with E-state index in [1.54, 1.807) is 18.2 Å². The SMILES string of the molecule is O=C(O)COc1cccc(/C=C\CCOC(=O)N(c2ccccc2)c2ccccc2)c1. The highest BCUT2D eigenvalue weighted by atomic mass is 16.6. The minimum Gasteiger partial charge on any atom is -0.482 e. The van der Waals surface area contributed by atoms with E-state index in [-0.39, 0.29) is 13.2 Å². The van der Waals surface area contributed by atoms with Crippen LogP contribution in [0.5, 0.6) is 5.75 Å². The van der Waals surface area contributed by atoms with Crippen LogP contribution in [0, 0.1) is 0 Å². The Labute approximate surface area is 181 Å². The zero-order valence-electron chi connectivity index (χ0n) is 16.9. The maximum atomic E-state index is 12.8. The number of ether oxygens (including phenoxy) is 2. The summed E-state index contributed by atoms with van der Waals surface area (Å²) < 4.78 is 10.7. The highest BCUT2D eigenvalue weighted by Gasteiger charge is 2.18. The van der Waals surface area contributed by atoms with Crippen LogP contribution in [-0.2, 0) is 9.53 Å². The lowest BCUT2D eigenvalue weighted by atomic mass is 10.2. The number of carboxylic acid groups (broad SMARTS) is 1. The van der Waals surface area contributed by atoms with E-state index < -0.39 is 12.1 Å². The molecule has 6 heteroatoms. The number of para-hydroxylation sites is 2. The van der Waals surface area contributed by atoms with E-state index in [1.807, 2.05) is 78.9 Å². The molecule has 0 fully saturated rings. The summed E-state index contributed by atoms with van der Waals surface area (Å²) in [6.07, 6.45) is 3.84. The monoisotopic (exact) mass is 417 g/mol. The average Bonchev–Trinajstić information content (AvgIpc) is 2.79. The average molecular weight is 417 g/mol. The molecule has 0 saturated heterocycles. The lowest BCUT2D eigenvalue weighted by Gasteiger charge is -2.22. The van der Waals surface area contributed by atoms with E-state index in [1.165, 1.54) is 4.90 Å². The summed E-state index contributed by atoms with van der Waals surface area (Å²) >= 11 is 0. The molecule has 0 aliphatic rings. The molecule has 0 atom stereocenters. The van der Waals surface area contributed by atoms with Crippen molar-refractivity contribution in [3.05, 3.63) is 96.6 Å². The Morgan fingerprint density at radius 3 is 2.13 bits per heavy atom. The van der Waals surface area contributed by atoms with Gasteiger partial charge in [-0.2, -0.15) is 0 Å². The van der Waals surface area contributed by atoms with Crippen molar-refractivity contribution in [3.8, 4) is 5.75 Å². The Morgan fingerprint density at radius 1 is 0.871 bits per heavy atom. The second-order valence-corrected chi connectivity index (χ2v) is 6.57. The van der Waals surface area contributed by atoms with Gasteiger partial charge in [0.05, 0.1) is 18.0 Å². The van der Waals surface area contributed by atoms with Crippen LogP contribution in [0.15, 0.2) is 91.0 Å². The first-order valence-corrected chi connectivity index (χ1v) is 9.81. The Balaban J connectivity index is 1.56. The quantitative estimate of drug-likeness (QED) is 0.464. The van der Waals surface area contributed by atoms with Gasteiger partial charge in [-0.05, 0) is 48.4 Å². The number of amides is 1. The van der Waals surface area contributed by atoms with Crippen LogP contribution in [0.3, 0.4) is 0 Å². The third-order valence-electron chi connectivity index (χ3n) is 4.25. The smallest absolute Gasteiger partial charge is 0.418 e. The first-order valence-electron chi connectivity index (χ1n) is 9.81. The van der Waals surface area contributed by atoms with Crippen molar-refractivity contribution in [2.75, 3.05) is 18.1 Å². The number of carbonyl (C=O) groups is 2. The number of aliphatic carboxylic acids is 1. The molecule has 158 valence electrons. The fourth-order valence-electron chi connectivity index (χ4n) is 2.87. The summed E-state index contributed by atoms with van der Waals surface area (Å²) in [4.78, 5) is 24.9. The maximum absolute atomic E-state index is 12.8. The van der Waals surface area contributed by atoms with Crippen molar-refractivity contribution in [1.29, 1.82) is 0 Å². The van der Waals surface area contributed by atoms with Crippen molar-refractivity contribution in [3.63, 3.8) is 0 Å². The molecule has 0 saturated carbocycles. The fraction of sp³-hybridized carbons (Fsp3) is 0.120. The number of hydrogen-bond donors (Lipinski definition) is 1. The van der Waals surface area contributed by atoms with Gasteiger partial charge in [0.15, 0.2) is 6.61 Å². The van der Waals surface area contributed by atoms with Crippen molar-refractivity contribution in [2.24, 2.45) is 0 Å². The molecule has 0 aliphatic heterocycles. The van der Waals surface area contributed by atoms with Crippen LogP contribution in [0.4, 0.5) is 16.2 Å². The molecule has 1 N–H and O–H groups in total. The van der Waals surface area contributed by atoms with Crippen LogP contribution in [-0.4, -0.2) is 30.4 Å². The van der Waals surface area contributed by atoms with Gasteiger partial charge in [-0.1, -0.05) is 60.7 Å². The number of carbonyl (C=O) groups excluding carboxylic acids is 1. The third kappa shape index (κ3) is 6.75. The number of rotatable bonds is 9. The molecule has 6 nitrogen and oxygen atoms in total. The van der Waals surface area contributed by atoms with E-state index in [0.717, 1.165) is 16.9 Å². The van der Waals surface area contributed by atoms with Gasteiger partial charge in [0.2, 0.25) is 0 Å². The molecule has 0 unspecified atom stereocenters. The molecule has 3 aromatic rings. The summed E-state index contributed by atoms with van der Waals surface area (Å²) in [6.45, 7) is -0.164. The Kier molecular flexibility index (Phi) is 7.83. The second kappa shape index (κ2) is 11.2. The number of anilines is 2. The van der Waals surface area contributed by atoms with Gasteiger partial charge in [-0.25, -0.2) is 14.5 Å². The number of hydrogen-bond acceptors (Lipinski definition) is 4. The highest BCUT2D eigenvalue weighted by Crippen LogP contribution is 2.25. The van der Waals surface area contributed by atoms with Gasteiger partial charge < -0.3 is 14.6 Å². The largest absolute Gasteiger partial charge is 0.482 e. The molecule has 3 rings (SSSR count). The van der Waals surface area contributed by atoms with Gasteiger partial charge >= 0.3 is 12.1 Å². The van der Waals surface area contributed by atoms with Crippen molar-refractivity contribution < 1.29 is 24.2 Å². The molecule has 3 aromatic carbocycles. The molecular weight excluding hydrogens is 394 g/mol. The Hall–Kier alpha value is -4.06. The van der Waals surface area contributed by atoms with Crippen molar-refractivity contribution in [1.82, 2.24) is 0 Å². The highest BCUT2D eigenvalue weighted by molar-refractivity contribution is 5.95. The lowest BCUT2D eigenvalue weighted by molar-refractivity contribution is -0.139. The van der Waals surface area contributed by atoms with Gasteiger partial charge in [-0.3, -0.25) is 0 Å². The summed E-state index contributed by atoms with van der Waals surface area (Å²) in [6, 6.07) is 25.8. The van der Waals surface area contributed by atoms with Crippen LogP contribution in [0.2, 0.25) is 0 Å². The van der Waals surface area contributed by atoms with Gasteiger partial charge in [-0.15, -0.1) is 0 Å². The van der Waals surface area contributed by atoms with Crippen molar-refractivity contribution in [2.45, 2.75) is 6.42 Å². The number of carboxylic acids is 1. The van der Waals surface area contributed by atoms with Crippen LogP contribution >= 0.6 is 0 Å². The Morgan fingerprint density at radius 2 is 1.52 bits per heavy atom. The Bertz CT molecular complexity index is 979. The van der Waals surface area contributed by atoms with Gasteiger partial charge in [0, 0.05) is 0 Å². The summed E-state index contributed by atoms with van der Waals surface area (Å²) in [5, 5.41) is 8.69. The minimum atomic E-state index is -1.03. The summed E-state index contributed by atoms with van der Waals surface area (Å²) in [5.41, 5.74) is 2.32. The predicted molar refractivity (Wildman–Crippen MR) is 120 cm³/mol. The van der Waals surface area contributed by atoms with Crippen LogP contribution in [0.1, 0.15) is 12.0 Å². The van der Waals surface area contributed by atoms with Crippen molar-refractivity contribution >= 4 is 29.5 Å². The minimum absolute atomic E-state index is 0.223. The van der Waals surface area contributed by atoms with E-state index in [2.05, 4.69) is 0 Å². The van der Waals surface area contributed by atoms with Crippen LogP contribution < -0.4 is 9.64 Å². The molecule has 0 aromatic heterocycles. The van der Waals surface area contributed by atoms with E-state index in [9.17, 15) is 9.59 Å². The van der Waals surface area contributed by atoms with E-state index >= 15 is 0 Å². The first-order chi connectivity index (χ1) is 15.1. The maximum Gasteiger partial charge on any atom is 0.418 e. The molecule has 1 amide bonds. The second-order valence-electron chi connectivity index (χ2n) is 6.57. The molecule has 0 bridgehead atoms. The molecule has 0 spiro atoms. The first kappa shape index (κ1) is 21.6.